The minimum absolute atomic E-state index is 0.300. The SMILES string of the molecule is O=C(O)c1ccc2c(c1)[nH]c1cc3ccccc3cc12. The van der Waals surface area contributed by atoms with Crippen LogP contribution in [-0.2, 0) is 0 Å². The number of hydrogen-bond donors (Lipinski definition) is 2. The summed E-state index contributed by atoms with van der Waals surface area (Å²) in [6, 6.07) is 17.6. The van der Waals surface area contributed by atoms with Crippen LogP contribution in [0.4, 0.5) is 0 Å². The van der Waals surface area contributed by atoms with Gasteiger partial charge in [-0.05, 0) is 35.0 Å². The summed E-state index contributed by atoms with van der Waals surface area (Å²) in [5.41, 5.74) is 2.19. The zero-order chi connectivity index (χ0) is 13.7. The monoisotopic (exact) mass is 261 g/mol. The quantitative estimate of drug-likeness (QED) is 0.540. The van der Waals surface area contributed by atoms with Gasteiger partial charge in [0.2, 0.25) is 0 Å². The minimum Gasteiger partial charge on any atom is -0.478 e. The largest absolute Gasteiger partial charge is 0.478 e. The van der Waals surface area contributed by atoms with Crippen molar-refractivity contribution in [2.45, 2.75) is 0 Å². The number of nitrogens with one attached hydrogen (secondary N) is 1. The fourth-order valence-electron chi connectivity index (χ4n) is 2.73. The molecule has 96 valence electrons. The van der Waals surface area contributed by atoms with Crippen LogP contribution < -0.4 is 0 Å². The molecule has 20 heavy (non-hydrogen) atoms. The number of benzene rings is 3. The Hall–Kier alpha value is -2.81. The van der Waals surface area contributed by atoms with Gasteiger partial charge in [0.1, 0.15) is 0 Å². The van der Waals surface area contributed by atoms with Gasteiger partial charge >= 0.3 is 5.97 Å². The van der Waals surface area contributed by atoms with Gasteiger partial charge in [0, 0.05) is 21.8 Å². The summed E-state index contributed by atoms with van der Waals surface area (Å²) in [4.78, 5) is 14.3. The van der Waals surface area contributed by atoms with E-state index in [-0.39, 0.29) is 0 Å². The van der Waals surface area contributed by atoms with Gasteiger partial charge in [0.25, 0.3) is 0 Å². The topological polar surface area (TPSA) is 53.1 Å². The van der Waals surface area contributed by atoms with Crippen LogP contribution in [-0.4, -0.2) is 16.1 Å². The number of aromatic nitrogens is 1. The van der Waals surface area contributed by atoms with Gasteiger partial charge in [-0.25, -0.2) is 4.79 Å². The van der Waals surface area contributed by atoms with Gasteiger partial charge in [-0.2, -0.15) is 0 Å². The molecule has 0 fully saturated rings. The molecule has 4 rings (SSSR count). The lowest BCUT2D eigenvalue weighted by atomic mass is 10.1. The molecule has 0 bridgehead atoms. The summed E-state index contributed by atoms with van der Waals surface area (Å²) in [6.07, 6.45) is 0. The summed E-state index contributed by atoms with van der Waals surface area (Å²) in [5.74, 6) is -0.907. The van der Waals surface area contributed by atoms with Gasteiger partial charge in [0.15, 0.2) is 0 Å². The molecule has 0 saturated carbocycles. The van der Waals surface area contributed by atoms with E-state index in [1.165, 1.54) is 10.8 Å². The molecule has 4 aromatic rings. The zero-order valence-electron chi connectivity index (χ0n) is 10.6. The first kappa shape index (κ1) is 11.1. The third kappa shape index (κ3) is 1.50. The molecule has 3 nitrogen and oxygen atoms in total. The van der Waals surface area contributed by atoms with Crippen LogP contribution in [0.3, 0.4) is 0 Å². The Morgan fingerprint density at radius 1 is 0.850 bits per heavy atom. The second-order valence-corrected chi connectivity index (χ2v) is 4.94. The lowest BCUT2D eigenvalue weighted by Gasteiger charge is -1.98. The Labute approximate surface area is 114 Å². The molecule has 0 spiro atoms. The van der Waals surface area contributed by atoms with Crippen molar-refractivity contribution < 1.29 is 9.90 Å². The van der Waals surface area contributed by atoms with Crippen LogP contribution in [0, 0.1) is 0 Å². The predicted octanol–water partition coefficient (Wildman–Crippen LogP) is 4.17. The molecular weight excluding hydrogens is 250 g/mol. The fourth-order valence-corrected chi connectivity index (χ4v) is 2.73. The van der Waals surface area contributed by atoms with Gasteiger partial charge in [-0.15, -0.1) is 0 Å². The van der Waals surface area contributed by atoms with Crippen LogP contribution in [0.1, 0.15) is 10.4 Å². The molecule has 0 aliphatic rings. The maximum Gasteiger partial charge on any atom is 0.335 e. The van der Waals surface area contributed by atoms with E-state index >= 15 is 0 Å². The van der Waals surface area contributed by atoms with Crippen LogP contribution in [0.25, 0.3) is 32.6 Å². The molecule has 2 N–H and O–H groups in total. The molecule has 0 aliphatic carbocycles. The molecular formula is C17H11NO2. The number of carboxylic acids is 1. The zero-order valence-corrected chi connectivity index (χ0v) is 10.6. The van der Waals surface area contributed by atoms with Crippen molar-refractivity contribution in [3.05, 3.63) is 60.2 Å². The molecule has 3 aromatic carbocycles. The van der Waals surface area contributed by atoms with Gasteiger partial charge < -0.3 is 10.1 Å². The molecule has 1 heterocycles. The maximum absolute atomic E-state index is 11.0. The van der Waals surface area contributed by atoms with Crippen LogP contribution in [0.15, 0.2) is 54.6 Å². The molecule has 0 atom stereocenters. The predicted molar refractivity (Wildman–Crippen MR) is 80.3 cm³/mol. The first-order valence-electron chi connectivity index (χ1n) is 6.40. The molecule has 0 unspecified atom stereocenters. The van der Waals surface area contributed by atoms with Crippen molar-refractivity contribution >= 4 is 38.5 Å². The number of aromatic amines is 1. The highest BCUT2D eigenvalue weighted by Crippen LogP contribution is 2.29. The fraction of sp³-hybridized carbons (Fsp3) is 0. The highest BCUT2D eigenvalue weighted by molar-refractivity contribution is 6.12. The normalized spacial score (nSPS) is 11.4. The number of H-pyrrole nitrogens is 1. The second-order valence-electron chi connectivity index (χ2n) is 4.94. The molecule has 1 aromatic heterocycles. The van der Waals surface area contributed by atoms with E-state index in [1.807, 2.05) is 18.2 Å². The van der Waals surface area contributed by atoms with Crippen molar-refractivity contribution in [1.29, 1.82) is 0 Å². The maximum atomic E-state index is 11.0. The first-order chi connectivity index (χ1) is 9.72. The Morgan fingerprint density at radius 2 is 1.55 bits per heavy atom. The summed E-state index contributed by atoms with van der Waals surface area (Å²) in [5, 5.41) is 13.6. The Morgan fingerprint density at radius 3 is 2.30 bits per heavy atom. The van der Waals surface area contributed by atoms with Crippen molar-refractivity contribution in [2.24, 2.45) is 0 Å². The third-order valence-corrected chi connectivity index (χ3v) is 3.71. The van der Waals surface area contributed by atoms with E-state index in [0.29, 0.717) is 5.56 Å². The molecule has 0 radical (unpaired) electrons. The third-order valence-electron chi connectivity index (χ3n) is 3.71. The number of carbonyl (C=O) groups is 1. The number of hydrogen-bond acceptors (Lipinski definition) is 1. The summed E-state index contributed by atoms with van der Waals surface area (Å²) in [7, 11) is 0. The number of carboxylic acid groups (broad SMARTS) is 1. The Balaban J connectivity index is 2.12. The lowest BCUT2D eigenvalue weighted by molar-refractivity contribution is 0.0697. The lowest BCUT2D eigenvalue weighted by Crippen LogP contribution is -1.94. The van der Waals surface area contributed by atoms with E-state index in [0.717, 1.165) is 21.8 Å². The minimum atomic E-state index is -0.907. The highest BCUT2D eigenvalue weighted by atomic mass is 16.4. The van der Waals surface area contributed by atoms with E-state index in [1.54, 1.807) is 12.1 Å². The first-order valence-corrected chi connectivity index (χ1v) is 6.40. The average molecular weight is 261 g/mol. The smallest absolute Gasteiger partial charge is 0.335 e. The second kappa shape index (κ2) is 3.84. The Kier molecular flexibility index (Phi) is 2.12. The van der Waals surface area contributed by atoms with Crippen LogP contribution in [0.5, 0.6) is 0 Å². The average Bonchev–Trinajstić information content (AvgIpc) is 2.81. The van der Waals surface area contributed by atoms with E-state index in [9.17, 15) is 4.79 Å². The van der Waals surface area contributed by atoms with Crippen LogP contribution >= 0.6 is 0 Å². The van der Waals surface area contributed by atoms with Crippen LogP contribution in [0.2, 0.25) is 0 Å². The van der Waals surface area contributed by atoms with Gasteiger partial charge in [-0.1, -0.05) is 30.3 Å². The van der Waals surface area contributed by atoms with E-state index in [2.05, 4.69) is 29.2 Å². The van der Waals surface area contributed by atoms with Crippen molar-refractivity contribution in [3.63, 3.8) is 0 Å². The summed E-state index contributed by atoms with van der Waals surface area (Å²) < 4.78 is 0. The summed E-state index contributed by atoms with van der Waals surface area (Å²) in [6.45, 7) is 0. The number of aromatic carboxylic acids is 1. The van der Waals surface area contributed by atoms with Gasteiger partial charge in [-0.3, -0.25) is 0 Å². The molecule has 3 heteroatoms. The van der Waals surface area contributed by atoms with E-state index < -0.39 is 5.97 Å². The highest BCUT2D eigenvalue weighted by Gasteiger charge is 2.09. The molecule has 0 aliphatic heterocycles. The number of rotatable bonds is 1. The van der Waals surface area contributed by atoms with Crippen molar-refractivity contribution in [2.75, 3.05) is 0 Å². The summed E-state index contributed by atoms with van der Waals surface area (Å²) >= 11 is 0. The van der Waals surface area contributed by atoms with Crippen molar-refractivity contribution in [3.8, 4) is 0 Å². The van der Waals surface area contributed by atoms with Gasteiger partial charge in [0.05, 0.1) is 5.56 Å². The standard InChI is InChI=1S/C17H11NO2/c19-17(20)12-5-6-13-14-7-10-3-1-2-4-11(10)8-16(14)18-15(13)9-12/h1-9,18H,(H,19,20). The Bertz CT molecular complexity index is 982. The van der Waals surface area contributed by atoms with Crippen molar-refractivity contribution in [1.82, 2.24) is 4.98 Å². The van der Waals surface area contributed by atoms with E-state index in [4.69, 9.17) is 5.11 Å². The number of fused-ring (bicyclic) bond motifs is 4. The molecule has 0 saturated heterocycles. The molecule has 0 amide bonds.